The molecular weight excluding hydrogens is 200 g/mol. The summed E-state index contributed by atoms with van der Waals surface area (Å²) in [6.07, 6.45) is 5.87. The van der Waals surface area contributed by atoms with Crippen LogP contribution in [0.15, 0.2) is 18.3 Å². The van der Waals surface area contributed by atoms with Crippen LogP contribution in [0.5, 0.6) is 0 Å². The van der Waals surface area contributed by atoms with Gasteiger partial charge in [-0.15, -0.1) is 0 Å². The largest absolute Gasteiger partial charge is 0.297 e. The van der Waals surface area contributed by atoms with Gasteiger partial charge in [0.25, 0.3) is 0 Å². The first kappa shape index (κ1) is 10.9. The Balaban J connectivity index is 2.57. The number of aryl methyl sites for hydroxylation is 2. The van der Waals surface area contributed by atoms with Gasteiger partial charge in [-0.2, -0.15) is 0 Å². The minimum atomic E-state index is 0.701. The molecule has 0 aliphatic carbocycles. The molecule has 0 aromatic carbocycles. The number of nitrogens with zero attached hydrogens (tertiary/aromatic N) is 2. The number of unbranched alkanes of at least 4 members (excludes halogenated alkanes) is 1. The fraction of sp³-hybridized carbons (Fsp3) is 0.385. The maximum Gasteiger partial charge on any atom is 0.168 e. The highest BCUT2D eigenvalue weighted by Gasteiger charge is 2.11. The number of rotatable bonds is 4. The number of imidazole rings is 1. The molecule has 2 aromatic heterocycles. The number of aldehydes is 1. The summed E-state index contributed by atoms with van der Waals surface area (Å²) < 4.78 is 1.88. The molecule has 3 heteroatoms. The number of hydrogen-bond acceptors (Lipinski definition) is 2. The first-order valence-electron chi connectivity index (χ1n) is 5.69. The fourth-order valence-corrected chi connectivity index (χ4v) is 1.92. The first-order chi connectivity index (χ1) is 7.77. The van der Waals surface area contributed by atoms with Crippen molar-refractivity contribution in [2.45, 2.75) is 33.1 Å². The van der Waals surface area contributed by atoms with Gasteiger partial charge >= 0.3 is 0 Å². The third-order valence-electron chi connectivity index (χ3n) is 2.84. The second kappa shape index (κ2) is 4.47. The molecule has 2 heterocycles. The van der Waals surface area contributed by atoms with Gasteiger partial charge in [-0.3, -0.25) is 9.20 Å². The summed E-state index contributed by atoms with van der Waals surface area (Å²) in [6, 6.07) is 3.96. The van der Waals surface area contributed by atoms with Crippen LogP contribution in [0.2, 0.25) is 0 Å². The number of fused-ring (bicyclic) bond motifs is 1. The highest BCUT2D eigenvalue weighted by Crippen LogP contribution is 2.16. The molecule has 0 fully saturated rings. The van der Waals surface area contributed by atoms with E-state index in [4.69, 9.17) is 0 Å². The molecule has 0 radical (unpaired) electrons. The van der Waals surface area contributed by atoms with Gasteiger partial charge in [0.1, 0.15) is 11.3 Å². The number of carbonyl (C=O) groups excluding carboxylic acids is 1. The van der Waals surface area contributed by atoms with E-state index in [0.717, 1.165) is 42.5 Å². The molecule has 16 heavy (non-hydrogen) atoms. The molecule has 0 bridgehead atoms. The summed E-state index contributed by atoms with van der Waals surface area (Å²) >= 11 is 0. The molecule has 3 nitrogen and oxygen atoms in total. The van der Waals surface area contributed by atoms with Crippen LogP contribution < -0.4 is 0 Å². The van der Waals surface area contributed by atoms with E-state index < -0.39 is 0 Å². The summed E-state index contributed by atoms with van der Waals surface area (Å²) in [4.78, 5) is 15.7. The summed E-state index contributed by atoms with van der Waals surface area (Å²) in [7, 11) is 0. The monoisotopic (exact) mass is 216 g/mol. The highest BCUT2D eigenvalue weighted by molar-refractivity contribution is 5.77. The van der Waals surface area contributed by atoms with Crippen molar-refractivity contribution in [3.8, 4) is 0 Å². The zero-order chi connectivity index (χ0) is 11.5. The second-order valence-electron chi connectivity index (χ2n) is 4.05. The molecule has 0 N–H and O–H groups in total. The van der Waals surface area contributed by atoms with Crippen molar-refractivity contribution >= 4 is 11.9 Å². The van der Waals surface area contributed by atoms with Crippen LogP contribution in [0.25, 0.3) is 5.65 Å². The maximum absolute atomic E-state index is 11.1. The zero-order valence-corrected chi connectivity index (χ0v) is 9.73. The molecule has 0 saturated carbocycles. The van der Waals surface area contributed by atoms with Gasteiger partial charge in [-0.1, -0.05) is 19.4 Å². The minimum Gasteiger partial charge on any atom is -0.297 e. The smallest absolute Gasteiger partial charge is 0.168 e. The molecule has 0 spiro atoms. The summed E-state index contributed by atoms with van der Waals surface area (Å²) in [6.45, 7) is 4.15. The van der Waals surface area contributed by atoms with Crippen molar-refractivity contribution in [1.29, 1.82) is 0 Å². The average molecular weight is 216 g/mol. The van der Waals surface area contributed by atoms with E-state index in [1.54, 1.807) is 0 Å². The Morgan fingerprint density at radius 3 is 3.00 bits per heavy atom. The van der Waals surface area contributed by atoms with Crippen molar-refractivity contribution in [1.82, 2.24) is 9.38 Å². The normalized spacial score (nSPS) is 10.9. The van der Waals surface area contributed by atoms with Gasteiger partial charge in [-0.25, -0.2) is 4.98 Å². The Hall–Kier alpha value is -1.64. The summed E-state index contributed by atoms with van der Waals surface area (Å²) in [5.74, 6) is 0. The predicted molar refractivity (Wildman–Crippen MR) is 63.9 cm³/mol. The predicted octanol–water partition coefficient (Wildman–Crippen LogP) is 2.80. The molecule has 0 unspecified atom stereocenters. The second-order valence-corrected chi connectivity index (χ2v) is 4.05. The quantitative estimate of drug-likeness (QED) is 0.736. The van der Waals surface area contributed by atoms with Crippen LogP contribution in [0, 0.1) is 6.92 Å². The average Bonchev–Trinajstić information content (AvgIpc) is 2.65. The molecule has 0 saturated heterocycles. The van der Waals surface area contributed by atoms with Crippen LogP contribution >= 0.6 is 0 Å². The van der Waals surface area contributed by atoms with Gasteiger partial charge in [0.15, 0.2) is 6.29 Å². The van der Waals surface area contributed by atoms with Gasteiger partial charge in [-0.05, 0) is 31.4 Å². The van der Waals surface area contributed by atoms with Crippen molar-refractivity contribution in [3.05, 3.63) is 35.3 Å². The van der Waals surface area contributed by atoms with Crippen LogP contribution in [0.3, 0.4) is 0 Å². The standard InChI is InChI=1S/C13H16N2O/c1-3-4-7-11-12(9-16)15-8-5-6-10(2)13(15)14-11/h5-6,8-9H,3-4,7H2,1-2H3. The van der Waals surface area contributed by atoms with E-state index in [9.17, 15) is 4.79 Å². The molecule has 0 aliphatic rings. The van der Waals surface area contributed by atoms with E-state index in [0.29, 0.717) is 5.69 Å². The Labute approximate surface area is 95.1 Å². The van der Waals surface area contributed by atoms with E-state index >= 15 is 0 Å². The van der Waals surface area contributed by atoms with Gasteiger partial charge < -0.3 is 0 Å². The molecule has 84 valence electrons. The summed E-state index contributed by atoms with van der Waals surface area (Å²) in [5, 5.41) is 0. The lowest BCUT2D eigenvalue weighted by atomic mass is 10.2. The summed E-state index contributed by atoms with van der Waals surface area (Å²) in [5.41, 5.74) is 3.63. The van der Waals surface area contributed by atoms with Gasteiger partial charge in [0, 0.05) is 6.20 Å². The SMILES string of the molecule is CCCCc1nc2c(C)cccn2c1C=O. The van der Waals surface area contributed by atoms with E-state index in [1.165, 1.54) is 0 Å². The Morgan fingerprint density at radius 1 is 1.50 bits per heavy atom. The minimum absolute atomic E-state index is 0.701. The van der Waals surface area contributed by atoms with Gasteiger partial charge in [0.2, 0.25) is 0 Å². The molecule has 0 atom stereocenters. The van der Waals surface area contributed by atoms with Crippen molar-refractivity contribution < 1.29 is 4.79 Å². The van der Waals surface area contributed by atoms with Crippen molar-refractivity contribution in [2.24, 2.45) is 0 Å². The fourth-order valence-electron chi connectivity index (χ4n) is 1.92. The number of carbonyl (C=O) groups is 1. The van der Waals surface area contributed by atoms with Crippen LogP contribution in [-0.2, 0) is 6.42 Å². The number of hydrogen-bond donors (Lipinski definition) is 0. The van der Waals surface area contributed by atoms with Gasteiger partial charge in [0.05, 0.1) is 5.69 Å². The lowest BCUT2D eigenvalue weighted by Gasteiger charge is -1.97. The third-order valence-corrected chi connectivity index (χ3v) is 2.84. The Kier molecular flexibility index (Phi) is 3.04. The Bertz CT molecular complexity index is 514. The third kappa shape index (κ3) is 1.73. The first-order valence-corrected chi connectivity index (χ1v) is 5.69. The van der Waals surface area contributed by atoms with Crippen LogP contribution in [-0.4, -0.2) is 15.7 Å². The zero-order valence-electron chi connectivity index (χ0n) is 9.73. The number of pyridine rings is 1. The topological polar surface area (TPSA) is 34.4 Å². The number of aromatic nitrogens is 2. The molecule has 0 amide bonds. The maximum atomic E-state index is 11.1. The van der Waals surface area contributed by atoms with E-state index in [1.807, 2.05) is 29.7 Å². The van der Waals surface area contributed by atoms with E-state index in [-0.39, 0.29) is 0 Å². The van der Waals surface area contributed by atoms with E-state index in [2.05, 4.69) is 11.9 Å². The van der Waals surface area contributed by atoms with Crippen molar-refractivity contribution in [2.75, 3.05) is 0 Å². The highest BCUT2D eigenvalue weighted by atomic mass is 16.1. The lowest BCUT2D eigenvalue weighted by molar-refractivity contribution is 0.111. The molecule has 2 aromatic rings. The van der Waals surface area contributed by atoms with Crippen molar-refractivity contribution in [3.63, 3.8) is 0 Å². The van der Waals surface area contributed by atoms with Crippen LogP contribution in [0.1, 0.15) is 41.5 Å². The van der Waals surface area contributed by atoms with Crippen LogP contribution in [0.4, 0.5) is 0 Å². The lowest BCUT2D eigenvalue weighted by Crippen LogP contribution is -1.95. The molecule has 2 rings (SSSR count). The Morgan fingerprint density at radius 2 is 2.31 bits per heavy atom. The molecular formula is C13H16N2O. The molecule has 0 aliphatic heterocycles.